The fourth-order valence-electron chi connectivity index (χ4n) is 2.76. The van der Waals surface area contributed by atoms with Crippen LogP contribution in [-0.4, -0.2) is 10.5 Å². The third-order valence-corrected chi connectivity index (χ3v) is 4.75. The summed E-state index contributed by atoms with van der Waals surface area (Å²) in [6, 6.07) is 9.68. The maximum atomic E-state index is 12.5. The molecule has 0 saturated heterocycles. The first-order valence-corrected chi connectivity index (χ1v) is 9.02. The van der Waals surface area contributed by atoms with Gasteiger partial charge < -0.3 is 9.88 Å². The van der Waals surface area contributed by atoms with E-state index in [0.717, 1.165) is 40.0 Å². The number of aromatic nitrogens is 1. The van der Waals surface area contributed by atoms with Crippen LogP contribution in [-0.2, 0) is 11.3 Å². The zero-order valence-corrected chi connectivity index (χ0v) is 16.6. The zero-order chi connectivity index (χ0) is 18.6. The molecule has 1 amide bonds. The number of nitriles is 1. The van der Waals surface area contributed by atoms with Crippen molar-refractivity contribution in [3.8, 4) is 6.07 Å². The molecule has 0 bridgehead atoms. The van der Waals surface area contributed by atoms with Gasteiger partial charge in [0.15, 0.2) is 0 Å². The van der Waals surface area contributed by atoms with Crippen molar-refractivity contribution in [1.29, 1.82) is 5.26 Å². The minimum absolute atomic E-state index is 0.0872. The molecule has 0 aliphatic carbocycles. The molecule has 1 aromatic carbocycles. The second-order valence-corrected chi connectivity index (χ2v) is 6.94. The Morgan fingerprint density at radius 1 is 1.32 bits per heavy atom. The first-order valence-electron chi connectivity index (χ1n) is 8.23. The van der Waals surface area contributed by atoms with Crippen molar-refractivity contribution in [3.63, 3.8) is 0 Å². The van der Waals surface area contributed by atoms with Crippen LogP contribution < -0.4 is 5.32 Å². The quantitative estimate of drug-likeness (QED) is 0.559. The molecule has 0 aliphatic heterocycles. The summed E-state index contributed by atoms with van der Waals surface area (Å²) in [6.07, 6.45) is 2.69. The van der Waals surface area contributed by atoms with Gasteiger partial charge in [-0.05, 0) is 78.5 Å². The fourth-order valence-corrected chi connectivity index (χ4v) is 3.35. The second-order valence-electron chi connectivity index (χ2n) is 6.09. The van der Waals surface area contributed by atoms with Crippen LogP contribution in [0.3, 0.4) is 0 Å². The lowest BCUT2D eigenvalue weighted by molar-refractivity contribution is -0.112. The van der Waals surface area contributed by atoms with Gasteiger partial charge in [-0.15, -0.1) is 0 Å². The maximum absolute atomic E-state index is 12.5. The molecular formula is C20H22BrN3O. The highest BCUT2D eigenvalue weighted by molar-refractivity contribution is 9.10. The predicted molar refractivity (Wildman–Crippen MR) is 105 cm³/mol. The highest BCUT2D eigenvalue weighted by Crippen LogP contribution is 2.24. The number of hydrogen-bond acceptors (Lipinski definition) is 2. The molecule has 0 unspecified atom stereocenters. The van der Waals surface area contributed by atoms with Gasteiger partial charge in [-0.2, -0.15) is 5.26 Å². The van der Waals surface area contributed by atoms with Crippen molar-refractivity contribution < 1.29 is 4.79 Å². The van der Waals surface area contributed by atoms with Gasteiger partial charge in [-0.1, -0.05) is 13.0 Å². The summed E-state index contributed by atoms with van der Waals surface area (Å²) in [7, 11) is 0. The SMILES string of the molecule is CCCn1c(C)cc(/C=C(\C#N)C(=O)Nc2ccc(C)cc2Br)c1C. The normalized spacial score (nSPS) is 11.3. The van der Waals surface area contributed by atoms with E-state index < -0.39 is 5.91 Å². The van der Waals surface area contributed by atoms with Crippen LogP contribution in [0.1, 0.15) is 35.9 Å². The molecule has 2 rings (SSSR count). The van der Waals surface area contributed by atoms with Crippen LogP contribution >= 0.6 is 15.9 Å². The highest BCUT2D eigenvalue weighted by Gasteiger charge is 2.14. The maximum Gasteiger partial charge on any atom is 0.266 e. The molecule has 0 radical (unpaired) electrons. The van der Waals surface area contributed by atoms with Crippen LogP contribution in [0.25, 0.3) is 6.08 Å². The Hall–Kier alpha value is -2.32. The van der Waals surface area contributed by atoms with Crippen molar-refractivity contribution in [2.45, 2.75) is 40.7 Å². The smallest absolute Gasteiger partial charge is 0.266 e. The average Bonchev–Trinajstić information content (AvgIpc) is 2.83. The molecule has 1 N–H and O–H groups in total. The lowest BCUT2D eigenvalue weighted by Gasteiger charge is -2.08. The Bertz CT molecular complexity index is 872. The van der Waals surface area contributed by atoms with Crippen molar-refractivity contribution in [2.24, 2.45) is 0 Å². The van der Waals surface area contributed by atoms with Gasteiger partial charge in [-0.3, -0.25) is 4.79 Å². The Labute approximate surface area is 157 Å². The van der Waals surface area contributed by atoms with E-state index in [1.807, 2.05) is 51.1 Å². The van der Waals surface area contributed by atoms with E-state index in [-0.39, 0.29) is 5.57 Å². The van der Waals surface area contributed by atoms with Gasteiger partial charge in [-0.25, -0.2) is 0 Å². The number of halogens is 1. The second kappa shape index (κ2) is 8.17. The number of anilines is 1. The minimum atomic E-state index is -0.410. The van der Waals surface area contributed by atoms with Crippen molar-refractivity contribution in [1.82, 2.24) is 4.57 Å². The first-order chi connectivity index (χ1) is 11.9. The molecule has 5 heteroatoms. The van der Waals surface area contributed by atoms with Crippen LogP contribution in [0.15, 0.2) is 34.3 Å². The van der Waals surface area contributed by atoms with Gasteiger partial charge >= 0.3 is 0 Å². The van der Waals surface area contributed by atoms with E-state index in [4.69, 9.17) is 0 Å². The molecule has 0 saturated carbocycles. The minimum Gasteiger partial charge on any atom is -0.349 e. The van der Waals surface area contributed by atoms with Crippen molar-refractivity contribution in [3.05, 3.63) is 56.8 Å². The molecule has 0 spiro atoms. The monoisotopic (exact) mass is 399 g/mol. The Balaban J connectivity index is 2.30. The van der Waals surface area contributed by atoms with E-state index >= 15 is 0 Å². The zero-order valence-electron chi connectivity index (χ0n) is 15.0. The van der Waals surface area contributed by atoms with Crippen molar-refractivity contribution in [2.75, 3.05) is 5.32 Å². The summed E-state index contributed by atoms with van der Waals surface area (Å²) in [5.74, 6) is -0.410. The number of nitrogens with one attached hydrogen (secondary N) is 1. The largest absolute Gasteiger partial charge is 0.349 e. The number of nitrogens with zero attached hydrogens (tertiary/aromatic N) is 2. The molecule has 4 nitrogen and oxygen atoms in total. The van der Waals surface area contributed by atoms with Gasteiger partial charge in [0.05, 0.1) is 5.69 Å². The predicted octanol–water partition coefficient (Wildman–Crippen LogP) is 5.13. The number of amides is 1. The standard InChI is InChI=1S/C20H22BrN3O/c1-5-8-24-14(3)10-16(15(24)4)11-17(12-22)20(25)23-19-7-6-13(2)9-18(19)21/h6-7,9-11H,5,8H2,1-4H3,(H,23,25)/b17-11+. The van der Waals surface area contributed by atoms with E-state index in [2.05, 4.69) is 32.7 Å². The van der Waals surface area contributed by atoms with E-state index in [1.165, 1.54) is 0 Å². The summed E-state index contributed by atoms with van der Waals surface area (Å²) < 4.78 is 2.99. The summed E-state index contributed by atoms with van der Waals surface area (Å²) in [4.78, 5) is 12.5. The van der Waals surface area contributed by atoms with E-state index in [1.54, 1.807) is 6.08 Å². The summed E-state index contributed by atoms with van der Waals surface area (Å²) in [5.41, 5.74) is 4.92. The van der Waals surface area contributed by atoms with Crippen LogP contribution in [0.2, 0.25) is 0 Å². The molecule has 2 aromatic rings. The Morgan fingerprint density at radius 2 is 2.04 bits per heavy atom. The molecular weight excluding hydrogens is 378 g/mol. The Morgan fingerprint density at radius 3 is 2.64 bits per heavy atom. The molecule has 0 fully saturated rings. The lowest BCUT2D eigenvalue weighted by Crippen LogP contribution is -2.14. The van der Waals surface area contributed by atoms with E-state index in [0.29, 0.717) is 5.69 Å². The average molecular weight is 400 g/mol. The topological polar surface area (TPSA) is 57.8 Å². The van der Waals surface area contributed by atoms with Gasteiger partial charge in [0, 0.05) is 22.4 Å². The van der Waals surface area contributed by atoms with Gasteiger partial charge in [0.2, 0.25) is 0 Å². The molecule has 0 atom stereocenters. The van der Waals surface area contributed by atoms with E-state index in [9.17, 15) is 10.1 Å². The molecule has 25 heavy (non-hydrogen) atoms. The molecule has 1 heterocycles. The number of hydrogen-bond donors (Lipinski definition) is 1. The van der Waals surface area contributed by atoms with Crippen LogP contribution in [0, 0.1) is 32.1 Å². The summed E-state index contributed by atoms with van der Waals surface area (Å²) >= 11 is 3.43. The third kappa shape index (κ3) is 4.40. The third-order valence-electron chi connectivity index (χ3n) is 4.10. The number of aryl methyl sites for hydroxylation is 2. The fraction of sp³-hybridized carbons (Fsp3) is 0.300. The Kier molecular flexibility index (Phi) is 6.22. The van der Waals surface area contributed by atoms with Gasteiger partial charge in [0.1, 0.15) is 11.6 Å². The molecule has 1 aromatic heterocycles. The van der Waals surface area contributed by atoms with Gasteiger partial charge in [0.25, 0.3) is 5.91 Å². The number of carbonyl (C=O) groups is 1. The van der Waals surface area contributed by atoms with Crippen LogP contribution in [0.4, 0.5) is 5.69 Å². The van der Waals surface area contributed by atoms with Crippen LogP contribution in [0.5, 0.6) is 0 Å². The lowest BCUT2D eigenvalue weighted by atomic mass is 10.1. The molecule has 130 valence electrons. The first kappa shape index (κ1) is 19.0. The highest BCUT2D eigenvalue weighted by atomic mass is 79.9. The summed E-state index contributed by atoms with van der Waals surface area (Å²) in [5, 5.41) is 12.2. The number of carbonyl (C=O) groups excluding carboxylic acids is 1. The number of benzene rings is 1. The molecule has 0 aliphatic rings. The van der Waals surface area contributed by atoms with Crippen molar-refractivity contribution >= 4 is 33.6 Å². The number of rotatable bonds is 5. The summed E-state index contributed by atoms with van der Waals surface area (Å²) in [6.45, 7) is 9.08.